The Kier molecular flexibility index (Phi) is 4.08. The van der Waals surface area contributed by atoms with Crippen molar-refractivity contribution in [3.8, 4) is 5.75 Å². The number of benzene rings is 1. The number of rotatable bonds is 3. The minimum Gasteiger partial charge on any atom is -0.497 e. The molecule has 4 nitrogen and oxygen atoms in total. The largest absolute Gasteiger partial charge is 0.497 e. The molecule has 0 saturated carbocycles. The predicted molar refractivity (Wildman–Crippen MR) is 78.9 cm³/mol. The zero-order chi connectivity index (χ0) is 15.8. The van der Waals surface area contributed by atoms with Gasteiger partial charge in [-0.2, -0.15) is 0 Å². The molecule has 1 aliphatic heterocycles. The standard InChI is InChI=1S/C17H22O4/c1-10(2)13-14(11-6-8-12(20-5)9-7-11)21-16(19)17(3,4)15(13)18/h6-10,13-14H,1-5H3/t13-,14+/m0/s1. The van der Waals surface area contributed by atoms with Gasteiger partial charge in [-0.15, -0.1) is 0 Å². The van der Waals surface area contributed by atoms with Gasteiger partial charge in [0.1, 0.15) is 17.3 Å². The molecule has 1 fully saturated rings. The van der Waals surface area contributed by atoms with Crippen molar-refractivity contribution in [2.24, 2.45) is 17.3 Å². The summed E-state index contributed by atoms with van der Waals surface area (Å²) in [5, 5.41) is 0. The highest BCUT2D eigenvalue weighted by atomic mass is 16.5. The molecule has 1 aromatic carbocycles. The van der Waals surface area contributed by atoms with Gasteiger partial charge < -0.3 is 9.47 Å². The third-order valence-corrected chi connectivity index (χ3v) is 4.15. The van der Waals surface area contributed by atoms with E-state index < -0.39 is 17.5 Å². The van der Waals surface area contributed by atoms with Crippen molar-refractivity contribution in [1.29, 1.82) is 0 Å². The molecule has 21 heavy (non-hydrogen) atoms. The van der Waals surface area contributed by atoms with E-state index in [9.17, 15) is 9.59 Å². The van der Waals surface area contributed by atoms with Gasteiger partial charge in [-0.1, -0.05) is 26.0 Å². The number of cyclic esters (lactones) is 1. The lowest BCUT2D eigenvalue weighted by Gasteiger charge is -2.40. The Hall–Kier alpha value is -1.84. The Labute approximate surface area is 125 Å². The van der Waals surface area contributed by atoms with Crippen molar-refractivity contribution in [3.05, 3.63) is 29.8 Å². The lowest BCUT2D eigenvalue weighted by Crippen LogP contribution is -2.49. The van der Waals surface area contributed by atoms with Crippen molar-refractivity contribution in [2.75, 3.05) is 7.11 Å². The Morgan fingerprint density at radius 2 is 1.71 bits per heavy atom. The fraction of sp³-hybridized carbons (Fsp3) is 0.529. The molecule has 1 aromatic rings. The molecule has 114 valence electrons. The molecule has 4 heteroatoms. The minimum atomic E-state index is -1.07. The Morgan fingerprint density at radius 3 is 2.19 bits per heavy atom. The summed E-state index contributed by atoms with van der Waals surface area (Å²) in [4.78, 5) is 24.8. The van der Waals surface area contributed by atoms with Crippen LogP contribution in [-0.4, -0.2) is 18.9 Å². The molecular weight excluding hydrogens is 268 g/mol. The highest BCUT2D eigenvalue weighted by Crippen LogP contribution is 2.43. The van der Waals surface area contributed by atoms with Gasteiger partial charge in [0.15, 0.2) is 5.78 Å². The van der Waals surface area contributed by atoms with E-state index in [1.165, 1.54) is 0 Å². The van der Waals surface area contributed by atoms with Crippen LogP contribution in [0.1, 0.15) is 39.4 Å². The van der Waals surface area contributed by atoms with E-state index in [-0.39, 0.29) is 17.6 Å². The van der Waals surface area contributed by atoms with Gasteiger partial charge in [0, 0.05) is 0 Å². The zero-order valence-electron chi connectivity index (χ0n) is 13.2. The van der Waals surface area contributed by atoms with Crippen LogP contribution in [0.3, 0.4) is 0 Å². The number of carbonyl (C=O) groups is 2. The van der Waals surface area contributed by atoms with Gasteiger partial charge in [0.05, 0.1) is 13.0 Å². The topological polar surface area (TPSA) is 52.6 Å². The average Bonchev–Trinajstić information content (AvgIpc) is 2.44. The Bertz CT molecular complexity index is 542. The molecule has 1 aliphatic rings. The number of Topliss-reactive ketones (excluding diaryl/α,β-unsaturated/α-hetero) is 1. The SMILES string of the molecule is COc1ccc([C@H]2OC(=O)C(C)(C)C(=O)[C@H]2C(C)C)cc1. The molecule has 0 amide bonds. The molecular formula is C17H22O4. The lowest BCUT2D eigenvalue weighted by atomic mass is 9.71. The van der Waals surface area contributed by atoms with E-state index in [2.05, 4.69) is 0 Å². The van der Waals surface area contributed by atoms with Crippen LogP contribution in [0, 0.1) is 17.3 Å². The van der Waals surface area contributed by atoms with Gasteiger partial charge in [0.2, 0.25) is 0 Å². The summed E-state index contributed by atoms with van der Waals surface area (Å²) in [6.07, 6.45) is -0.524. The molecule has 0 spiro atoms. The molecule has 1 heterocycles. The molecule has 0 radical (unpaired) electrons. The summed E-state index contributed by atoms with van der Waals surface area (Å²) in [6.45, 7) is 7.23. The quantitative estimate of drug-likeness (QED) is 0.634. The maximum absolute atomic E-state index is 12.7. The van der Waals surface area contributed by atoms with E-state index in [1.807, 2.05) is 38.1 Å². The fourth-order valence-corrected chi connectivity index (χ4v) is 2.71. The van der Waals surface area contributed by atoms with Gasteiger partial charge in [-0.25, -0.2) is 0 Å². The van der Waals surface area contributed by atoms with Gasteiger partial charge in [0.25, 0.3) is 0 Å². The molecule has 2 atom stereocenters. The summed E-state index contributed by atoms with van der Waals surface area (Å²) in [5.74, 6) is -0.00324. The van der Waals surface area contributed by atoms with E-state index in [0.717, 1.165) is 11.3 Å². The third kappa shape index (κ3) is 2.67. The second-order valence-electron chi connectivity index (χ2n) is 6.36. The number of ether oxygens (including phenoxy) is 2. The van der Waals surface area contributed by atoms with Crippen molar-refractivity contribution in [1.82, 2.24) is 0 Å². The summed E-state index contributed by atoms with van der Waals surface area (Å²) < 4.78 is 10.7. The predicted octanol–water partition coefficient (Wildman–Crippen LogP) is 3.16. The van der Waals surface area contributed by atoms with Crippen LogP contribution in [0.15, 0.2) is 24.3 Å². The first-order chi connectivity index (χ1) is 9.78. The Morgan fingerprint density at radius 1 is 1.14 bits per heavy atom. The number of methoxy groups -OCH3 is 1. The normalized spacial score (nSPS) is 24.9. The number of hydrogen-bond acceptors (Lipinski definition) is 4. The average molecular weight is 290 g/mol. The fourth-order valence-electron chi connectivity index (χ4n) is 2.71. The van der Waals surface area contributed by atoms with Crippen LogP contribution in [0.25, 0.3) is 0 Å². The van der Waals surface area contributed by atoms with Crippen molar-refractivity contribution < 1.29 is 19.1 Å². The third-order valence-electron chi connectivity index (χ3n) is 4.15. The van der Waals surface area contributed by atoms with Crippen molar-refractivity contribution in [3.63, 3.8) is 0 Å². The Balaban J connectivity index is 2.40. The molecule has 2 rings (SSSR count). The summed E-state index contributed by atoms with van der Waals surface area (Å²) in [5.41, 5.74) is -0.246. The molecule has 0 aromatic heterocycles. The summed E-state index contributed by atoms with van der Waals surface area (Å²) in [6, 6.07) is 7.31. The number of esters is 1. The van der Waals surface area contributed by atoms with Crippen LogP contribution in [-0.2, 0) is 14.3 Å². The second-order valence-corrected chi connectivity index (χ2v) is 6.36. The highest BCUT2D eigenvalue weighted by molar-refractivity contribution is 6.06. The molecule has 0 aliphatic carbocycles. The molecule has 0 N–H and O–H groups in total. The summed E-state index contributed by atoms with van der Waals surface area (Å²) >= 11 is 0. The second kappa shape index (κ2) is 5.51. The van der Waals surface area contributed by atoms with Gasteiger partial charge >= 0.3 is 5.97 Å². The zero-order valence-corrected chi connectivity index (χ0v) is 13.2. The van der Waals surface area contributed by atoms with Crippen molar-refractivity contribution in [2.45, 2.75) is 33.8 Å². The monoisotopic (exact) mass is 290 g/mol. The van der Waals surface area contributed by atoms with E-state index in [0.29, 0.717) is 0 Å². The van der Waals surface area contributed by atoms with Crippen molar-refractivity contribution >= 4 is 11.8 Å². The van der Waals surface area contributed by atoms with E-state index >= 15 is 0 Å². The first-order valence-electron chi connectivity index (χ1n) is 7.18. The summed E-state index contributed by atoms with van der Waals surface area (Å²) in [7, 11) is 1.60. The molecule has 0 bridgehead atoms. The smallest absolute Gasteiger partial charge is 0.319 e. The maximum atomic E-state index is 12.7. The minimum absolute atomic E-state index is 0.0467. The van der Waals surface area contributed by atoms with E-state index in [4.69, 9.17) is 9.47 Å². The van der Waals surface area contributed by atoms with Crippen LogP contribution >= 0.6 is 0 Å². The molecule has 1 saturated heterocycles. The number of carbonyl (C=O) groups excluding carboxylic acids is 2. The molecule has 0 unspecified atom stereocenters. The van der Waals surface area contributed by atoms with Crippen LogP contribution in [0.2, 0.25) is 0 Å². The first kappa shape index (κ1) is 15.5. The van der Waals surface area contributed by atoms with Crippen LogP contribution < -0.4 is 4.74 Å². The van der Waals surface area contributed by atoms with E-state index in [1.54, 1.807) is 21.0 Å². The number of ketones is 1. The first-order valence-corrected chi connectivity index (χ1v) is 7.18. The van der Waals surface area contributed by atoms with Gasteiger partial charge in [-0.05, 0) is 37.5 Å². The maximum Gasteiger partial charge on any atom is 0.319 e. The van der Waals surface area contributed by atoms with Crippen LogP contribution in [0.5, 0.6) is 5.75 Å². The van der Waals surface area contributed by atoms with Crippen LogP contribution in [0.4, 0.5) is 0 Å². The number of hydrogen-bond donors (Lipinski definition) is 0. The highest BCUT2D eigenvalue weighted by Gasteiger charge is 2.51. The lowest BCUT2D eigenvalue weighted by molar-refractivity contribution is -0.181. The van der Waals surface area contributed by atoms with Gasteiger partial charge in [-0.3, -0.25) is 9.59 Å².